The van der Waals surface area contributed by atoms with E-state index in [-0.39, 0.29) is 5.78 Å². The van der Waals surface area contributed by atoms with Gasteiger partial charge < -0.3 is 0 Å². The molecular formula is C16H15BrOS. The van der Waals surface area contributed by atoms with Gasteiger partial charge in [-0.1, -0.05) is 45.8 Å². The second-order valence-corrected chi connectivity index (χ2v) is 6.42. The first-order chi connectivity index (χ1) is 9.06. The van der Waals surface area contributed by atoms with Crippen LogP contribution in [0.2, 0.25) is 0 Å². The maximum atomic E-state index is 12.1. The van der Waals surface area contributed by atoms with Gasteiger partial charge >= 0.3 is 0 Å². The van der Waals surface area contributed by atoms with E-state index in [9.17, 15) is 4.79 Å². The Labute approximate surface area is 126 Å². The number of hydrogen-bond acceptors (Lipinski definition) is 2. The first-order valence-corrected chi connectivity index (χ1v) is 7.83. The summed E-state index contributed by atoms with van der Waals surface area (Å²) in [4.78, 5) is 13.3. The summed E-state index contributed by atoms with van der Waals surface area (Å²) in [6.07, 6.45) is 0. The fourth-order valence-electron chi connectivity index (χ4n) is 1.73. The zero-order valence-electron chi connectivity index (χ0n) is 10.9. The van der Waals surface area contributed by atoms with Crippen molar-refractivity contribution >= 4 is 33.5 Å². The number of rotatable bonds is 4. The molecule has 2 aromatic carbocycles. The summed E-state index contributed by atoms with van der Waals surface area (Å²) in [6, 6.07) is 13.8. The molecule has 0 aliphatic rings. The number of aryl methyl sites for hydroxylation is 2. The Morgan fingerprint density at radius 3 is 2.47 bits per heavy atom. The van der Waals surface area contributed by atoms with Crippen molar-refractivity contribution in [3.05, 3.63) is 63.6 Å². The van der Waals surface area contributed by atoms with Crippen LogP contribution < -0.4 is 0 Å². The Balaban J connectivity index is 2.04. The quantitative estimate of drug-likeness (QED) is 0.575. The Hall–Kier alpha value is -1.06. The van der Waals surface area contributed by atoms with Crippen LogP contribution in [0.1, 0.15) is 21.5 Å². The lowest BCUT2D eigenvalue weighted by Crippen LogP contribution is -2.02. The summed E-state index contributed by atoms with van der Waals surface area (Å²) in [5.74, 6) is 0.643. The first-order valence-electron chi connectivity index (χ1n) is 6.05. The van der Waals surface area contributed by atoms with Crippen molar-refractivity contribution in [3.8, 4) is 0 Å². The number of ketones is 1. The van der Waals surface area contributed by atoms with Crippen LogP contribution in [0.3, 0.4) is 0 Å². The van der Waals surface area contributed by atoms with E-state index in [1.807, 2.05) is 24.3 Å². The molecule has 98 valence electrons. The Bertz CT molecular complexity index is 590. The van der Waals surface area contributed by atoms with Crippen molar-refractivity contribution in [1.29, 1.82) is 0 Å². The van der Waals surface area contributed by atoms with Crippen molar-refractivity contribution in [1.82, 2.24) is 0 Å². The van der Waals surface area contributed by atoms with E-state index in [0.29, 0.717) is 5.75 Å². The molecule has 3 heteroatoms. The van der Waals surface area contributed by atoms with E-state index >= 15 is 0 Å². The number of Topliss-reactive ketones (excluding diaryl/α,β-unsaturated/α-hetero) is 1. The summed E-state index contributed by atoms with van der Waals surface area (Å²) < 4.78 is 0.992. The van der Waals surface area contributed by atoms with Gasteiger partial charge in [-0.05, 0) is 37.6 Å². The van der Waals surface area contributed by atoms with Gasteiger partial charge in [-0.2, -0.15) is 0 Å². The molecule has 19 heavy (non-hydrogen) atoms. The molecule has 0 aliphatic heterocycles. The molecule has 0 heterocycles. The summed E-state index contributed by atoms with van der Waals surface area (Å²) >= 11 is 4.98. The van der Waals surface area contributed by atoms with Gasteiger partial charge in [0, 0.05) is 14.9 Å². The van der Waals surface area contributed by atoms with Crippen LogP contribution >= 0.6 is 27.7 Å². The largest absolute Gasteiger partial charge is 0.293 e. The highest BCUT2D eigenvalue weighted by molar-refractivity contribution is 9.10. The molecule has 0 bridgehead atoms. The second kappa shape index (κ2) is 6.40. The Morgan fingerprint density at radius 1 is 1.11 bits per heavy atom. The van der Waals surface area contributed by atoms with Crippen molar-refractivity contribution < 1.29 is 4.79 Å². The molecule has 0 amide bonds. The number of carbonyl (C=O) groups is 1. The van der Waals surface area contributed by atoms with Crippen LogP contribution in [0.4, 0.5) is 0 Å². The van der Waals surface area contributed by atoms with Crippen LogP contribution in [0.25, 0.3) is 0 Å². The number of hydrogen-bond donors (Lipinski definition) is 0. The Morgan fingerprint density at radius 2 is 1.79 bits per heavy atom. The molecule has 0 N–H and O–H groups in total. The van der Waals surface area contributed by atoms with E-state index < -0.39 is 0 Å². The molecule has 0 unspecified atom stereocenters. The van der Waals surface area contributed by atoms with E-state index in [1.54, 1.807) is 11.8 Å². The van der Waals surface area contributed by atoms with Crippen molar-refractivity contribution in [2.45, 2.75) is 18.7 Å². The molecule has 0 spiro atoms. The van der Waals surface area contributed by atoms with Crippen molar-refractivity contribution in [2.75, 3.05) is 5.75 Å². The van der Waals surface area contributed by atoms with Gasteiger partial charge in [0.05, 0.1) is 5.75 Å². The fraction of sp³-hybridized carbons (Fsp3) is 0.188. The third-order valence-electron chi connectivity index (χ3n) is 2.87. The maximum Gasteiger partial charge on any atom is 0.173 e. The standard InChI is InChI=1S/C16H15BrOS/c1-11-3-4-12(2)16(9-11)19-10-15(18)13-5-7-14(17)8-6-13/h3-9H,10H2,1-2H3. The molecule has 0 aliphatic carbocycles. The predicted molar refractivity (Wildman–Crippen MR) is 85.1 cm³/mol. The van der Waals surface area contributed by atoms with E-state index in [0.717, 1.165) is 10.0 Å². The maximum absolute atomic E-state index is 12.1. The van der Waals surface area contributed by atoms with Crippen LogP contribution in [-0.2, 0) is 0 Å². The third kappa shape index (κ3) is 3.95. The molecular weight excluding hydrogens is 320 g/mol. The molecule has 0 saturated carbocycles. The van der Waals surface area contributed by atoms with Crippen molar-refractivity contribution in [2.24, 2.45) is 0 Å². The number of halogens is 1. The summed E-state index contributed by atoms with van der Waals surface area (Å²) in [5, 5.41) is 0. The molecule has 0 fully saturated rings. The molecule has 0 atom stereocenters. The number of carbonyl (C=O) groups excluding carboxylic acids is 1. The SMILES string of the molecule is Cc1ccc(C)c(SCC(=O)c2ccc(Br)cc2)c1. The highest BCUT2D eigenvalue weighted by atomic mass is 79.9. The molecule has 0 saturated heterocycles. The summed E-state index contributed by atoms with van der Waals surface area (Å²) in [5.41, 5.74) is 3.21. The molecule has 0 aromatic heterocycles. The molecule has 1 nitrogen and oxygen atoms in total. The van der Waals surface area contributed by atoms with E-state index in [4.69, 9.17) is 0 Å². The zero-order chi connectivity index (χ0) is 13.8. The second-order valence-electron chi connectivity index (χ2n) is 4.49. The topological polar surface area (TPSA) is 17.1 Å². The lowest BCUT2D eigenvalue weighted by molar-refractivity contribution is 0.102. The number of thioether (sulfide) groups is 1. The highest BCUT2D eigenvalue weighted by Gasteiger charge is 2.08. The smallest absolute Gasteiger partial charge is 0.173 e. The minimum Gasteiger partial charge on any atom is -0.293 e. The first kappa shape index (κ1) is 14.4. The fourth-order valence-corrected chi connectivity index (χ4v) is 3.01. The van der Waals surface area contributed by atoms with Gasteiger partial charge in [0.2, 0.25) is 0 Å². The van der Waals surface area contributed by atoms with Gasteiger partial charge in [0.25, 0.3) is 0 Å². The van der Waals surface area contributed by atoms with Gasteiger partial charge in [0.15, 0.2) is 5.78 Å². The number of benzene rings is 2. The molecule has 2 rings (SSSR count). The van der Waals surface area contributed by atoms with E-state index in [1.165, 1.54) is 16.0 Å². The lowest BCUT2D eigenvalue weighted by Gasteiger charge is -2.06. The minimum absolute atomic E-state index is 0.165. The van der Waals surface area contributed by atoms with Gasteiger partial charge in [-0.15, -0.1) is 11.8 Å². The third-order valence-corrected chi connectivity index (χ3v) is 4.55. The van der Waals surface area contributed by atoms with Gasteiger partial charge in [-0.25, -0.2) is 0 Å². The average molecular weight is 335 g/mol. The molecule has 0 radical (unpaired) electrons. The monoisotopic (exact) mass is 334 g/mol. The van der Waals surface area contributed by atoms with Crippen LogP contribution in [0, 0.1) is 13.8 Å². The van der Waals surface area contributed by atoms with Crippen molar-refractivity contribution in [3.63, 3.8) is 0 Å². The Kier molecular flexibility index (Phi) is 4.83. The highest BCUT2D eigenvalue weighted by Crippen LogP contribution is 2.24. The predicted octanol–water partition coefficient (Wildman–Crippen LogP) is 5.04. The van der Waals surface area contributed by atoms with E-state index in [2.05, 4.69) is 48.0 Å². The zero-order valence-corrected chi connectivity index (χ0v) is 13.3. The summed E-state index contributed by atoms with van der Waals surface area (Å²) in [6.45, 7) is 4.14. The summed E-state index contributed by atoms with van der Waals surface area (Å²) in [7, 11) is 0. The van der Waals surface area contributed by atoms with Crippen LogP contribution in [0.15, 0.2) is 51.8 Å². The molecule has 2 aromatic rings. The minimum atomic E-state index is 0.165. The average Bonchev–Trinajstić information content (AvgIpc) is 2.40. The van der Waals surface area contributed by atoms with Gasteiger partial charge in [0.1, 0.15) is 0 Å². The normalized spacial score (nSPS) is 10.5. The lowest BCUT2D eigenvalue weighted by atomic mass is 10.1. The van der Waals surface area contributed by atoms with Gasteiger partial charge in [-0.3, -0.25) is 4.79 Å². The van der Waals surface area contributed by atoms with Crippen LogP contribution in [-0.4, -0.2) is 11.5 Å². The van der Waals surface area contributed by atoms with Crippen LogP contribution in [0.5, 0.6) is 0 Å².